The lowest BCUT2D eigenvalue weighted by Crippen LogP contribution is -2.17. The fraction of sp³-hybridized carbons (Fsp3) is 0.457. The molecule has 0 unspecified atom stereocenters. The van der Waals surface area contributed by atoms with Crippen LogP contribution in [0.1, 0.15) is 107 Å². The van der Waals surface area contributed by atoms with Crippen molar-refractivity contribution >= 4 is 5.97 Å². The fourth-order valence-electron chi connectivity index (χ4n) is 4.89. The van der Waals surface area contributed by atoms with Crippen molar-refractivity contribution in [1.82, 2.24) is 0 Å². The summed E-state index contributed by atoms with van der Waals surface area (Å²) in [4.78, 5) is 12.1. The number of unbranched alkanes of at least 4 members (excludes halogenated alkanes) is 13. The van der Waals surface area contributed by atoms with Crippen molar-refractivity contribution in [1.29, 1.82) is 0 Å². The Kier molecular flexibility index (Phi) is 14.5. The van der Waals surface area contributed by atoms with E-state index in [0.29, 0.717) is 6.61 Å². The van der Waals surface area contributed by atoms with Gasteiger partial charge >= 0.3 is 5.97 Å². The molecular weight excluding hydrogens is 563 g/mol. The molecule has 0 atom stereocenters. The summed E-state index contributed by atoms with van der Waals surface area (Å²) in [5.74, 6) is -12.3. The van der Waals surface area contributed by atoms with Crippen molar-refractivity contribution in [3.8, 4) is 22.6 Å². The van der Waals surface area contributed by atoms with Crippen LogP contribution in [0, 0.1) is 29.1 Å². The van der Waals surface area contributed by atoms with E-state index in [9.17, 15) is 26.7 Å². The Morgan fingerprint density at radius 2 is 0.884 bits per heavy atom. The first-order valence-electron chi connectivity index (χ1n) is 15.4. The van der Waals surface area contributed by atoms with Crippen molar-refractivity contribution in [3.63, 3.8) is 0 Å². The minimum Gasteiger partial charge on any atom is -0.494 e. The Balaban J connectivity index is 1.33. The minimum atomic E-state index is -2.35. The molecule has 0 N–H and O–H groups in total. The molecular formula is C35H41F5O3. The maximum atomic E-state index is 13.9. The van der Waals surface area contributed by atoms with Gasteiger partial charge in [-0.25, -0.2) is 26.7 Å². The van der Waals surface area contributed by atoms with E-state index in [1.165, 1.54) is 89.2 Å². The first-order valence-corrected chi connectivity index (χ1v) is 15.4. The molecule has 0 saturated heterocycles. The Morgan fingerprint density at radius 1 is 0.512 bits per heavy atom. The molecule has 0 fully saturated rings. The second-order valence-corrected chi connectivity index (χ2v) is 10.8. The lowest BCUT2D eigenvalue weighted by molar-refractivity contribution is 0.0721. The zero-order valence-corrected chi connectivity index (χ0v) is 24.8. The van der Waals surface area contributed by atoms with Gasteiger partial charge in [-0.2, -0.15) is 0 Å². The molecule has 0 heterocycles. The number of hydrogen-bond acceptors (Lipinski definition) is 3. The second-order valence-electron chi connectivity index (χ2n) is 10.8. The number of carbonyl (C=O) groups excluding carboxylic acids is 1. The maximum absolute atomic E-state index is 13.9. The minimum absolute atomic E-state index is 0.120. The molecule has 8 heteroatoms. The Bertz CT molecular complexity index is 1250. The van der Waals surface area contributed by atoms with E-state index in [0.717, 1.165) is 29.7 Å². The molecule has 0 bridgehead atoms. The average Bonchev–Trinajstić information content (AvgIpc) is 3.02. The molecule has 0 aliphatic heterocycles. The standard InChI is InChI=1S/C35H41F5O3/c1-2-3-4-5-6-7-8-9-10-11-12-13-14-15-24-42-27-20-16-25(17-21-27)26-18-22-28(23-19-26)43-35(41)29-30(36)32(38)34(40)33(39)31(29)37/h16-23H,2-15,24H2,1H3. The number of benzene rings is 3. The van der Waals surface area contributed by atoms with Gasteiger partial charge in [0.15, 0.2) is 23.3 Å². The summed E-state index contributed by atoms with van der Waals surface area (Å²) in [5.41, 5.74) is -0.0406. The molecule has 0 aliphatic carbocycles. The third-order valence-corrected chi connectivity index (χ3v) is 7.43. The predicted molar refractivity (Wildman–Crippen MR) is 159 cm³/mol. The Hall–Kier alpha value is -3.42. The Labute approximate surface area is 251 Å². The van der Waals surface area contributed by atoms with Gasteiger partial charge in [0.05, 0.1) is 6.61 Å². The largest absolute Gasteiger partial charge is 0.494 e. The smallest absolute Gasteiger partial charge is 0.349 e. The number of rotatable bonds is 19. The normalized spacial score (nSPS) is 11.1. The van der Waals surface area contributed by atoms with Gasteiger partial charge in [0.2, 0.25) is 5.82 Å². The number of halogens is 5. The Morgan fingerprint density at radius 3 is 1.33 bits per heavy atom. The predicted octanol–water partition coefficient (Wildman–Crippen LogP) is 11.1. The van der Waals surface area contributed by atoms with Crippen molar-refractivity contribution in [2.75, 3.05) is 6.61 Å². The van der Waals surface area contributed by atoms with Crippen LogP contribution in [0.2, 0.25) is 0 Å². The quantitative estimate of drug-likeness (QED) is 0.0341. The first-order chi connectivity index (χ1) is 20.8. The molecule has 0 aliphatic rings. The zero-order valence-electron chi connectivity index (χ0n) is 24.8. The van der Waals surface area contributed by atoms with Gasteiger partial charge in [0.1, 0.15) is 17.1 Å². The number of carbonyl (C=O) groups is 1. The molecule has 0 saturated carbocycles. The van der Waals surface area contributed by atoms with Crippen LogP contribution < -0.4 is 9.47 Å². The van der Waals surface area contributed by atoms with E-state index in [1.54, 1.807) is 12.1 Å². The van der Waals surface area contributed by atoms with E-state index < -0.39 is 40.6 Å². The van der Waals surface area contributed by atoms with Gasteiger partial charge in [-0.15, -0.1) is 0 Å². The summed E-state index contributed by atoms with van der Waals surface area (Å²) >= 11 is 0. The van der Waals surface area contributed by atoms with Crippen LogP contribution in [0.25, 0.3) is 11.1 Å². The van der Waals surface area contributed by atoms with Crippen LogP contribution in [0.5, 0.6) is 11.5 Å². The van der Waals surface area contributed by atoms with E-state index >= 15 is 0 Å². The van der Waals surface area contributed by atoms with Gasteiger partial charge in [-0.05, 0) is 41.8 Å². The highest BCUT2D eigenvalue weighted by Gasteiger charge is 2.31. The van der Waals surface area contributed by atoms with E-state index in [4.69, 9.17) is 9.47 Å². The topological polar surface area (TPSA) is 35.5 Å². The summed E-state index contributed by atoms with van der Waals surface area (Å²) in [5, 5.41) is 0. The molecule has 3 aromatic carbocycles. The number of esters is 1. The summed E-state index contributed by atoms with van der Waals surface area (Å²) < 4.78 is 78.5. The van der Waals surface area contributed by atoms with E-state index in [1.807, 2.05) is 24.3 Å². The van der Waals surface area contributed by atoms with Crippen LogP contribution in [-0.2, 0) is 0 Å². The molecule has 0 amide bonds. The fourth-order valence-corrected chi connectivity index (χ4v) is 4.89. The van der Waals surface area contributed by atoms with Crippen LogP contribution in [0.15, 0.2) is 48.5 Å². The third-order valence-electron chi connectivity index (χ3n) is 7.43. The van der Waals surface area contributed by atoms with Crippen LogP contribution in [0.3, 0.4) is 0 Å². The summed E-state index contributed by atoms with van der Waals surface area (Å²) in [6.07, 6.45) is 18.3. The molecule has 3 rings (SSSR count). The highest BCUT2D eigenvalue weighted by Crippen LogP contribution is 2.27. The van der Waals surface area contributed by atoms with Crippen molar-refractivity contribution < 1.29 is 36.2 Å². The monoisotopic (exact) mass is 604 g/mol. The number of hydrogen-bond donors (Lipinski definition) is 0. The molecule has 0 spiro atoms. The molecule has 0 radical (unpaired) electrons. The molecule has 3 nitrogen and oxygen atoms in total. The van der Waals surface area contributed by atoms with Crippen molar-refractivity contribution in [2.24, 2.45) is 0 Å². The second kappa shape index (κ2) is 18.3. The maximum Gasteiger partial charge on any atom is 0.349 e. The molecule has 3 aromatic rings. The average molecular weight is 605 g/mol. The summed E-state index contributed by atoms with van der Waals surface area (Å²) in [6, 6.07) is 13.4. The molecule has 234 valence electrons. The van der Waals surface area contributed by atoms with Crippen molar-refractivity contribution in [3.05, 3.63) is 83.2 Å². The highest BCUT2D eigenvalue weighted by atomic mass is 19.2. The van der Waals surface area contributed by atoms with E-state index in [-0.39, 0.29) is 5.75 Å². The number of ether oxygens (including phenoxy) is 2. The lowest BCUT2D eigenvalue weighted by atomic mass is 10.0. The summed E-state index contributed by atoms with van der Waals surface area (Å²) in [7, 11) is 0. The molecule has 43 heavy (non-hydrogen) atoms. The van der Waals surface area contributed by atoms with Gasteiger partial charge in [-0.3, -0.25) is 0 Å². The molecule has 0 aromatic heterocycles. The van der Waals surface area contributed by atoms with Crippen LogP contribution >= 0.6 is 0 Å². The van der Waals surface area contributed by atoms with Crippen LogP contribution in [0.4, 0.5) is 22.0 Å². The zero-order chi connectivity index (χ0) is 31.0. The summed E-state index contributed by atoms with van der Waals surface area (Å²) in [6.45, 7) is 2.91. The first kappa shape index (κ1) is 34.1. The van der Waals surface area contributed by atoms with Gasteiger partial charge in [-0.1, -0.05) is 115 Å². The van der Waals surface area contributed by atoms with Gasteiger partial charge in [0.25, 0.3) is 0 Å². The van der Waals surface area contributed by atoms with Crippen LogP contribution in [-0.4, -0.2) is 12.6 Å². The third kappa shape index (κ3) is 10.7. The van der Waals surface area contributed by atoms with Gasteiger partial charge < -0.3 is 9.47 Å². The van der Waals surface area contributed by atoms with E-state index in [2.05, 4.69) is 6.92 Å². The van der Waals surface area contributed by atoms with Gasteiger partial charge in [0, 0.05) is 0 Å². The van der Waals surface area contributed by atoms with Crippen molar-refractivity contribution in [2.45, 2.75) is 96.8 Å². The SMILES string of the molecule is CCCCCCCCCCCCCCCCOc1ccc(-c2ccc(OC(=O)c3c(F)c(F)c(F)c(F)c3F)cc2)cc1. The highest BCUT2D eigenvalue weighted by molar-refractivity contribution is 5.91. The lowest BCUT2D eigenvalue weighted by Gasteiger charge is -2.10.